The van der Waals surface area contributed by atoms with Gasteiger partial charge in [-0.1, -0.05) is 42.5 Å². The molecule has 0 spiro atoms. The second kappa shape index (κ2) is 8.51. The van der Waals surface area contributed by atoms with Crippen molar-refractivity contribution in [2.45, 2.75) is 26.1 Å². The minimum absolute atomic E-state index is 0.0801. The average Bonchev–Trinajstić information content (AvgIpc) is 3.23. The largest absolute Gasteiger partial charge is 0.337 e. The number of carbonyl (C=O) groups is 1. The fourth-order valence-electron chi connectivity index (χ4n) is 3.08. The number of benzene rings is 1. The van der Waals surface area contributed by atoms with E-state index in [2.05, 4.69) is 18.3 Å². The summed E-state index contributed by atoms with van der Waals surface area (Å²) in [4.78, 5) is 50.3. The number of hydrogen-bond donors (Lipinski definition) is 0. The minimum atomic E-state index is -0.861. The van der Waals surface area contributed by atoms with E-state index in [1.807, 2.05) is 30.3 Å². The van der Waals surface area contributed by atoms with E-state index in [0.29, 0.717) is 13.0 Å². The maximum absolute atomic E-state index is 12.7. The molecule has 1 amide bonds. The molecule has 9 heteroatoms. The molecule has 2 aromatic rings. The number of hydrazone groups is 1. The van der Waals surface area contributed by atoms with Crippen LogP contribution in [0, 0.1) is 0 Å². The zero-order chi connectivity index (χ0) is 21.0. The van der Waals surface area contributed by atoms with Gasteiger partial charge in [0.1, 0.15) is 6.54 Å². The molecule has 0 bridgehead atoms. The Bertz CT molecular complexity index is 1110. The van der Waals surface area contributed by atoms with E-state index < -0.39 is 29.5 Å². The first-order valence-corrected chi connectivity index (χ1v) is 9.07. The molecule has 0 unspecified atom stereocenters. The topological polar surface area (TPSA) is 98.7 Å². The highest BCUT2D eigenvalue weighted by atomic mass is 16.2. The van der Waals surface area contributed by atoms with Crippen LogP contribution in [0.25, 0.3) is 0 Å². The molecule has 0 N–H and O–H groups in total. The first-order valence-electron chi connectivity index (χ1n) is 9.07. The predicted octanol–water partition coefficient (Wildman–Crippen LogP) is 0.180. The van der Waals surface area contributed by atoms with Crippen molar-refractivity contribution in [3.8, 4) is 0 Å². The number of rotatable bonds is 7. The van der Waals surface area contributed by atoms with Crippen molar-refractivity contribution < 1.29 is 4.79 Å². The second-order valence-electron chi connectivity index (χ2n) is 6.41. The Hall–Kier alpha value is -3.75. The van der Waals surface area contributed by atoms with Crippen LogP contribution in [0.3, 0.4) is 0 Å². The third-order valence-electron chi connectivity index (χ3n) is 4.50. The number of allylic oxidation sites excluding steroid dienone is 2. The van der Waals surface area contributed by atoms with Gasteiger partial charge in [-0.2, -0.15) is 5.10 Å². The summed E-state index contributed by atoms with van der Waals surface area (Å²) in [7, 11) is 0. The van der Waals surface area contributed by atoms with Crippen LogP contribution >= 0.6 is 0 Å². The van der Waals surface area contributed by atoms with Crippen molar-refractivity contribution in [1.29, 1.82) is 0 Å². The van der Waals surface area contributed by atoms with Crippen LogP contribution in [0.4, 0.5) is 0 Å². The molecule has 1 aliphatic heterocycles. The van der Waals surface area contributed by atoms with Crippen molar-refractivity contribution in [3.63, 3.8) is 0 Å². The van der Waals surface area contributed by atoms with Crippen molar-refractivity contribution in [2.75, 3.05) is 6.54 Å². The molecule has 0 radical (unpaired) electrons. The van der Waals surface area contributed by atoms with Gasteiger partial charge in [-0.3, -0.25) is 4.79 Å². The summed E-state index contributed by atoms with van der Waals surface area (Å²) in [5.74, 6) is -0.510. The quantitative estimate of drug-likeness (QED) is 0.625. The van der Waals surface area contributed by atoms with Crippen molar-refractivity contribution in [3.05, 3.63) is 92.7 Å². The van der Waals surface area contributed by atoms with Gasteiger partial charge in [-0.25, -0.2) is 33.1 Å². The summed E-state index contributed by atoms with van der Waals surface area (Å²) in [6.07, 6.45) is 3.31. The summed E-state index contributed by atoms with van der Waals surface area (Å²) in [6.45, 7) is 6.71. The van der Waals surface area contributed by atoms with Gasteiger partial charge in [-0.15, -0.1) is 13.2 Å². The SMILES string of the molecule is C=CCn1c(=O)n(CC=C)c(=O)n(CC(=O)N2CCC(c3ccccc3)=N2)c1=O. The molecule has 9 nitrogen and oxygen atoms in total. The summed E-state index contributed by atoms with van der Waals surface area (Å²) in [5, 5.41) is 5.57. The van der Waals surface area contributed by atoms with E-state index in [1.54, 1.807) is 0 Å². The monoisotopic (exact) mass is 395 g/mol. The lowest BCUT2D eigenvalue weighted by Crippen LogP contribution is -2.55. The molecule has 0 saturated heterocycles. The van der Waals surface area contributed by atoms with Crippen LogP contribution in [-0.4, -0.2) is 36.9 Å². The lowest BCUT2D eigenvalue weighted by atomic mass is 10.1. The lowest BCUT2D eigenvalue weighted by molar-refractivity contribution is -0.131. The van der Waals surface area contributed by atoms with Crippen LogP contribution in [0.1, 0.15) is 12.0 Å². The zero-order valence-corrected chi connectivity index (χ0v) is 15.9. The predicted molar refractivity (Wildman–Crippen MR) is 109 cm³/mol. The molecule has 1 aromatic heterocycles. The van der Waals surface area contributed by atoms with Gasteiger partial charge in [0.2, 0.25) is 0 Å². The van der Waals surface area contributed by atoms with Gasteiger partial charge in [0.05, 0.1) is 25.3 Å². The molecule has 0 fully saturated rings. The summed E-state index contributed by atoms with van der Waals surface area (Å²) >= 11 is 0. The van der Waals surface area contributed by atoms with E-state index in [9.17, 15) is 19.2 Å². The van der Waals surface area contributed by atoms with Gasteiger partial charge in [0.25, 0.3) is 5.91 Å². The number of aromatic nitrogens is 3. The normalized spacial score (nSPS) is 13.2. The Morgan fingerprint density at radius 1 is 0.931 bits per heavy atom. The van der Waals surface area contributed by atoms with Crippen molar-refractivity contribution in [1.82, 2.24) is 18.7 Å². The number of amides is 1. The standard InChI is InChI=1S/C20H21N5O4/c1-3-11-22-18(27)23(12-4-2)20(29)24(19(22)28)14-17(26)25-13-10-16(21-25)15-8-6-5-7-9-15/h3-9H,1-2,10-14H2. The van der Waals surface area contributed by atoms with Crippen LogP contribution in [0.15, 0.2) is 75.1 Å². The smallest absolute Gasteiger partial charge is 0.271 e. The maximum atomic E-state index is 12.7. The van der Waals surface area contributed by atoms with Gasteiger partial charge >= 0.3 is 17.1 Å². The molecule has 0 aliphatic carbocycles. The van der Waals surface area contributed by atoms with Gasteiger partial charge in [0.15, 0.2) is 0 Å². The Balaban J connectivity index is 1.95. The molecular weight excluding hydrogens is 374 g/mol. The summed E-state index contributed by atoms with van der Waals surface area (Å²) in [5.41, 5.74) is -0.825. The molecule has 29 heavy (non-hydrogen) atoms. The average molecular weight is 395 g/mol. The highest BCUT2D eigenvalue weighted by molar-refractivity contribution is 6.02. The lowest BCUT2D eigenvalue weighted by Gasteiger charge is -2.14. The number of carbonyl (C=O) groups excluding carboxylic acids is 1. The Morgan fingerprint density at radius 2 is 1.48 bits per heavy atom. The van der Waals surface area contributed by atoms with E-state index in [-0.39, 0.29) is 13.1 Å². The van der Waals surface area contributed by atoms with Crippen LogP contribution < -0.4 is 17.1 Å². The molecule has 0 atom stereocenters. The molecular formula is C20H21N5O4. The van der Waals surface area contributed by atoms with Gasteiger partial charge < -0.3 is 0 Å². The number of nitrogens with zero attached hydrogens (tertiary/aromatic N) is 5. The molecule has 3 rings (SSSR count). The zero-order valence-electron chi connectivity index (χ0n) is 15.9. The fourth-order valence-corrected chi connectivity index (χ4v) is 3.08. The third kappa shape index (κ3) is 3.93. The fraction of sp³-hybridized carbons (Fsp3) is 0.250. The van der Waals surface area contributed by atoms with E-state index in [0.717, 1.165) is 25.0 Å². The third-order valence-corrected chi connectivity index (χ3v) is 4.50. The van der Waals surface area contributed by atoms with Gasteiger partial charge in [-0.05, 0) is 5.56 Å². The summed E-state index contributed by atoms with van der Waals surface area (Å²) in [6, 6.07) is 9.45. The van der Waals surface area contributed by atoms with Crippen LogP contribution in [0.5, 0.6) is 0 Å². The van der Waals surface area contributed by atoms with Crippen LogP contribution in [-0.2, 0) is 24.4 Å². The van der Waals surface area contributed by atoms with Crippen molar-refractivity contribution >= 4 is 11.6 Å². The first kappa shape index (κ1) is 20.0. The molecule has 1 aromatic carbocycles. The molecule has 1 aliphatic rings. The van der Waals surface area contributed by atoms with Gasteiger partial charge in [0, 0.05) is 6.42 Å². The second-order valence-corrected chi connectivity index (χ2v) is 6.41. The first-order chi connectivity index (χ1) is 14.0. The molecule has 0 saturated carbocycles. The Labute approximate surface area is 166 Å². The van der Waals surface area contributed by atoms with Crippen molar-refractivity contribution in [2.24, 2.45) is 5.10 Å². The molecule has 150 valence electrons. The van der Waals surface area contributed by atoms with Crippen LogP contribution in [0.2, 0.25) is 0 Å². The summed E-state index contributed by atoms with van der Waals surface area (Å²) < 4.78 is 2.45. The van der Waals surface area contributed by atoms with E-state index in [1.165, 1.54) is 17.2 Å². The van der Waals surface area contributed by atoms with E-state index >= 15 is 0 Å². The maximum Gasteiger partial charge on any atom is 0.337 e. The number of hydrogen-bond acceptors (Lipinski definition) is 5. The highest BCUT2D eigenvalue weighted by Gasteiger charge is 2.24. The molecule has 2 heterocycles. The Kier molecular flexibility index (Phi) is 5.87. The minimum Gasteiger partial charge on any atom is -0.271 e. The highest BCUT2D eigenvalue weighted by Crippen LogP contribution is 2.13. The van der Waals surface area contributed by atoms with E-state index in [4.69, 9.17) is 0 Å². The Morgan fingerprint density at radius 3 is 2.03 bits per heavy atom.